The maximum Gasteiger partial charge on any atom is 0.264 e. The van der Waals surface area contributed by atoms with E-state index in [1.807, 2.05) is 28.9 Å². The zero-order valence-corrected chi connectivity index (χ0v) is 26.7. The van der Waals surface area contributed by atoms with Gasteiger partial charge in [-0.25, -0.2) is 13.1 Å². The Morgan fingerprint density at radius 1 is 1.04 bits per heavy atom. The van der Waals surface area contributed by atoms with Gasteiger partial charge in [0.1, 0.15) is 5.75 Å². The van der Waals surface area contributed by atoms with Gasteiger partial charge >= 0.3 is 0 Å². The molecule has 1 amide bonds. The lowest BCUT2D eigenvalue weighted by Gasteiger charge is -2.24. The topological polar surface area (TPSA) is 112 Å². The van der Waals surface area contributed by atoms with Crippen molar-refractivity contribution in [2.75, 3.05) is 7.11 Å². The smallest absolute Gasteiger partial charge is 0.264 e. The molecule has 3 heterocycles. The highest BCUT2D eigenvalue weighted by Crippen LogP contribution is 2.48. The minimum Gasteiger partial charge on any atom is -0.497 e. The van der Waals surface area contributed by atoms with E-state index < -0.39 is 21.2 Å². The predicted octanol–water partition coefficient (Wildman–Crippen LogP) is 6.73. The fourth-order valence-corrected chi connectivity index (χ4v) is 7.63. The minimum atomic E-state index is -3.80. The summed E-state index contributed by atoms with van der Waals surface area (Å²) in [5.41, 5.74) is 7.85. The first kappa shape index (κ1) is 29.5. The van der Waals surface area contributed by atoms with Crippen LogP contribution in [-0.2, 0) is 16.6 Å². The normalized spacial score (nSPS) is 17.0. The van der Waals surface area contributed by atoms with Gasteiger partial charge < -0.3 is 9.30 Å². The van der Waals surface area contributed by atoms with Crippen LogP contribution >= 0.6 is 0 Å². The Labute approximate surface area is 263 Å². The number of ether oxygens (including phenoxy) is 1. The monoisotopic (exact) mass is 626 g/mol. The molecule has 0 spiro atoms. The van der Waals surface area contributed by atoms with Gasteiger partial charge in [-0.2, -0.15) is 5.10 Å². The number of aromatic nitrogens is 3. The number of rotatable bonds is 8. The van der Waals surface area contributed by atoms with Gasteiger partial charge in [-0.3, -0.25) is 14.3 Å². The second kappa shape index (κ2) is 11.3. The largest absolute Gasteiger partial charge is 0.497 e. The molecule has 0 unspecified atom stereocenters. The number of sulfonamides is 1. The third kappa shape index (κ3) is 5.18. The standard InChI is InChI=1S/C35H38N4O5S/c1-21(2)45(42,43)37-35(41)23-9-13-30-31(17-23)38-19-25(33-26(20-40)18-36-39(33)27-10-11-27)15-24-16-28(44-3)12-14-29(24)34(38)32(30)22-7-5-4-6-8-22/h9,12-18,20-22,27H,4-8,10-11,19H2,1-3H3,(H,37,41). The fraction of sp³-hybridized carbons (Fsp3) is 0.400. The quantitative estimate of drug-likeness (QED) is 0.217. The fourth-order valence-electron chi connectivity index (χ4n) is 7.02. The van der Waals surface area contributed by atoms with Crippen molar-refractivity contribution in [2.45, 2.75) is 82.5 Å². The molecule has 0 radical (unpaired) electrons. The van der Waals surface area contributed by atoms with Gasteiger partial charge in [0.15, 0.2) is 6.29 Å². The molecular weight excluding hydrogens is 588 g/mol. The van der Waals surface area contributed by atoms with Gasteiger partial charge in [0.25, 0.3) is 5.91 Å². The summed E-state index contributed by atoms with van der Waals surface area (Å²) >= 11 is 0. The molecule has 2 aromatic carbocycles. The molecule has 234 valence electrons. The van der Waals surface area contributed by atoms with Crippen molar-refractivity contribution in [3.63, 3.8) is 0 Å². The average Bonchev–Trinajstić information content (AvgIpc) is 3.75. The average molecular weight is 627 g/mol. The molecule has 2 saturated carbocycles. The van der Waals surface area contributed by atoms with Crippen molar-refractivity contribution in [1.29, 1.82) is 0 Å². The number of fused-ring (bicyclic) bond motifs is 5. The van der Waals surface area contributed by atoms with Crippen molar-refractivity contribution in [3.8, 4) is 17.0 Å². The molecule has 2 aliphatic carbocycles. The van der Waals surface area contributed by atoms with Crippen LogP contribution in [-0.4, -0.2) is 47.3 Å². The highest BCUT2D eigenvalue weighted by atomic mass is 32.2. The lowest BCUT2D eigenvalue weighted by molar-refractivity contribution is 0.0980. The summed E-state index contributed by atoms with van der Waals surface area (Å²) in [7, 11) is -2.14. The molecule has 4 aromatic rings. The third-order valence-corrected chi connectivity index (χ3v) is 11.3. The zero-order valence-electron chi connectivity index (χ0n) is 25.9. The number of hydrogen-bond donors (Lipinski definition) is 1. The number of benzene rings is 2. The summed E-state index contributed by atoms with van der Waals surface area (Å²) < 4.78 is 37.3. The van der Waals surface area contributed by atoms with Crippen molar-refractivity contribution in [3.05, 3.63) is 70.5 Å². The number of amides is 1. The van der Waals surface area contributed by atoms with Gasteiger partial charge in [0.05, 0.1) is 48.1 Å². The van der Waals surface area contributed by atoms with Crippen LogP contribution < -0.4 is 9.46 Å². The molecule has 10 heteroatoms. The number of aldehydes is 1. The van der Waals surface area contributed by atoms with Crippen LogP contribution in [0.15, 0.2) is 42.6 Å². The molecule has 2 fully saturated rings. The van der Waals surface area contributed by atoms with Crippen LogP contribution in [0.25, 0.3) is 33.8 Å². The summed E-state index contributed by atoms with van der Waals surface area (Å²) in [6, 6.07) is 11.9. The van der Waals surface area contributed by atoms with E-state index in [4.69, 9.17) is 4.74 Å². The van der Waals surface area contributed by atoms with Crippen molar-refractivity contribution < 1.29 is 22.7 Å². The second-order valence-electron chi connectivity index (χ2n) is 12.8. The molecule has 1 N–H and O–H groups in total. The van der Waals surface area contributed by atoms with Crippen LogP contribution in [0.4, 0.5) is 0 Å². The van der Waals surface area contributed by atoms with E-state index >= 15 is 0 Å². The highest BCUT2D eigenvalue weighted by Gasteiger charge is 2.33. The Balaban J connectivity index is 1.49. The molecule has 0 bridgehead atoms. The lowest BCUT2D eigenvalue weighted by atomic mass is 9.81. The van der Waals surface area contributed by atoms with Crippen LogP contribution in [0.3, 0.4) is 0 Å². The molecule has 45 heavy (non-hydrogen) atoms. The number of hydrogen-bond acceptors (Lipinski definition) is 6. The van der Waals surface area contributed by atoms with Crippen LogP contribution in [0.2, 0.25) is 0 Å². The van der Waals surface area contributed by atoms with Crippen LogP contribution in [0.1, 0.15) is 108 Å². The Morgan fingerprint density at radius 3 is 2.51 bits per heavy atom. The van der Waals surface area contributed by atoms with E-state index in [-0.39, 0.29) is 11.6 Å². The van der Waals surface area contributed by atoms with Crippen LogP contribution in [0, 0.1) is 0 Å². The first-order valence-electron chi connectivity index (χ1n) is 15.8. The maximum atomic E-state index is 13.3. The number of nitrogens with zero attached hydrogens (tertiary/aromatic N) is 3. The first-order chi connectivity index (χ1) is 21.7. The Hall–Kier alpha value is -4.18. The van der Waals surface area contributed by atoms with E-state index in [2.05, 4.69) is 26.5 Å². The Kier molecular flexibility index (Phi) is 7.43. The summed E-state index contributed by atoms with van der Waals surface area (Å²) in [6.07, 6.45) is 12.4. The Morgan fingerprint density at radius 2 is 1.82 bits per heavy atom. The number of methoxy groups -OCH3 is 1. The molecule has 2 aromatic heterocycles. The number of nitrogens with one attached hydrogen (secondary N) is 1. The van der Waals surface area contributed by atoms with Crippen LogP contribution in [0.5, 0.6) is 5.75 Å². The highest BCUT2D eigenvalue weighted by molar-refractivity contribution is 7.90. The van der Waals surface area contributed by atoms with E-state index in [1.54, 1.807) is 33.2 Å². The van der Waals surface area contributed by atoms with E-state index in [1.165, 1.54) is 12.0 Å². The molecule has 1 aliphatic heterocycles. The van der Waals surface area contributed by atoms with E-state index in [9.17, 15) is 18.0 Å². The van der Waals surface area contributed by atoms with E-state index in [0.717, 1.165) is 89.6 Å². The third-order valence-electron chi connectivity index (χ3n) is 9.55. The zero-order chi connectivity index (χ0) is 31.5. The number of allylic oxidation sites excluding steroid dienone is 1. The van der Waals surface area contributed by atoms with Gasteiger partial charge in [-0.1, -0.05) is 25.3 Å². The number of carbonyl (C=O) groups is 2. The summed E-state index contributed by atoms with van der Waals surface area (Å²) in [4.78, 5) is 25.6. The van der Waals surface area contributed by atoms with Crippen molar-refractivity contribution in [1.82, 2.24) is 19.1 Å². The Bertz CT molecular complexity index is 1970. The van der Waals surface area contributed by atoms with E-state index in [0.29, 0.717) is 18.0 Å². The molecule has 9 nitrogen and oxygen atoms in total. The van der Waals surface area contributed by atoms with Crippen molar-refractivity contribution >= 4 is 44.8 Å². The van der Waals surface area contributed by atoms with Gasteiger partial charge in [-0.15, -0.1) is 0 Å². The summed E-state index contributed by atoms with van der Waals surface area (Å²) in [6.45, 7) is 3.54. The maximum absolute atomic E-state index is 13.3. The van der Waals surface area contributed by atoms with Crippen molar-refractivity contribution in [2.24, 2.45) is 0 Å². The summed E-state index contributed by atoms with van der Waals surface area (Å²) in [5, 5.41) is 4.95. The van der Waals surface area contributed by atoms with Gasteiger partial charge in [0.2, 0.25) is 10.0 Å². The number of carbonyl (C=O) groups excluding carboxylic acids is 2. The molecular formula is C35H38N4O5S. The second-order valence-corrected chi connectivity index (χ2v) is 15.0. The molecule has 7 rings (SSSR count). The molecule has 0 saturated heterocycles. The van der Waals surface area contributed by atoms with Gasteiger partial charge in [-0.05, 0) is 98.6 Å². The summed E-state index contributed by atoms with van der Waals surface area (Å²) in [5.74, 6) is 0.437. The molecule has 3 aliphatic rings. The lowest BCUT2D eigenvalue weighted by Crippen LogP contribution is -2.35. The van der Waals surface area contributed by atoms with Gasteiger partial charge in [0, 0.05) is 22.0 Å². The first-order valence-corrected chi connectivity index (χ1v) is 17.4. The SMILES string of the molecule is COc1ccc2c(c1)C=C(c1c(C=O)cnn1C1CC1)Cn1c-2c(C2CCCCC2)c2ccc(C(=O)NS(=O)(=O)C(C)C)cc21. The minimum absolute atomic E-state index is 0.263. The molecule has 0 atom stereocenters. The predicted molar refractivity (Wildman–Crippen MR) is 175 cm³/mol.